The van der Waals surface area contributed by atoms with Gasteiger partial charge < -0.3 is 15.8 Å². The first-order chi connectivity index (χ1) is 9.15. The molecule has 0 saturated carbocycles. The molecular formula is C15H31N3O2. The Balaban J connectivity index is 2.74. The average molecular weight is 285 g/mol. The molecule has 0 aromatic rings. The summed E-state index contributed by atoms with van der Waals surface area (Å²) in [6.07, 6.45) is 0.948. The van der Waals surface area contributed by atoms with Crippen molar-refractivity contribution in [1.82, 2.24) is 10.2 Å². The van der Waals surface area contributed by atoms with Gasteiger partial charge in [0.1, 0.15) is 0 Å². The number of morpholine rings is 1. The van der Waals surface area contributed by atoms with E-state index in [4.69, 9.17) is 10.5 Å². The normalized spacial score (nSPS) is 29.1. The fourth-order valence-corrected chi connectivity index (χ4v) is 3.12. The monoisotopic (exact) mass is 285 g/mol. The van der Waals surface area contributed by atoms with Gasteiger partial charge in [-0.2, -0.15) is 0 Å². The summed E-state index contributed by atoms with van der Waals surface area (Å²) in [6, 6.07) is 0.873. The van der Waals surface area contributed by atoms with E-state index in [0.29, 0.717) is 12.5 Å². The van der Waals surface area contributed by atoms with Crippen LogP contribution in [0, 0.1) is 0 Å². The molecule has 1 aliphatic rings. The molecule has 4 unspecified atom stereocenters. The van der Waals surface area contributed by atoms with Crippen molar-refractivity contribution in [2.45, 2.75) is 77.7 Å². The molecule has 0 aromatic heterocycles. The summed E-state index contributed by atoms with van der Waals surface area (Å²) in [5.41, 5.74) is 4.94. The third-order valence-corrected chi connectivity index (χ3v) is 4.08. The van der Waals surface area contributed by atoms with E-state index >= 15 is 0 Å². The molecule has 1 amide bonds. The molecule has 0 radical (unpaired) electrons. The summed E-state index contributed by atoms with van der Waals surface area (Å²) >= 11 is 0. The number of primary amides is 1. The highest BCUT2D eigenvalue weighted by atomic mass is 16.5. The van der Waals surface area contributed by atoms with Crippen LogP contribution in [-0.2, 0) is 9.53 Å². The molecule has 20 heavy (non-hydrogen) atoms. The topological polar surface area (TPSA) is 67.6 Å². The van der Waals surface area contributed by atoms with Gasteiger partial charge in [-0.1, -0.05) is 0 Å². The maximum atomic E-state index is 11.8. The van der Waals surface area contributed by atoms with Gasteiger partial charge in [0.2, 0.25) is 5.91 Å². The Labute approximate surface area is 123 Å². The number of hydrogen-bond donors (Lipinski definition) is 2. The van der Waals surface area contributed by atoms with E-state index in [0.717, 1.165) is 13.2 Å². The summed E-state index contributed by atoms with van der Waals surface area (Å²) < 4.78 is 5.66. The summed E-state index contributed by atoms with van der Waals surface area (Å²) in [4.78, 5) is 14.3. The van der Waals surface area contributed by atoms with Crippen molar-refractivity contribution in [3.63, 3.8) is 0 Å². The van der Waals surface area contributed by atoms with Crippen LogP contribution in [0.25, 0.3) is 0 Å². The van der Waals surface area contributed by atoms with Gasteiger partial charge in [0, 0.05) is 24.7 Å². The Hall–Kier alpha value is -0.650. The van der Waals surface area contributed by atoms with Crippen molar-refractivity contribution in [2.75, 3.05) is 13.2 Å². The number of nitrogens with one attached hydrogen (secondary N) is 1. The van der Waals surface area contributed by atoms with Gasteiger partial charge in [-0.05, 0) is 48.0 Å². The highest BCUT2D eigenvalue weighted by molar-refractivity contribution is 5.84. The molecule has 0 bridgehead atoms. The van der Waals surface area contributed by atoms with Crippen LogP contribution in [0.1, 0.15) is 48.0 Å². The number of nitrogens with zero attached hydrogens (tertiary/aromatic N) is 1. The first-order valence-corrected chi connectivity index (χ1v) is 7.60. The lowest BCUT2D eigenvalue weighted by atomic mass is 9.90. The minimum absolute atomic E-state index is 0.223. The molecule has 118 valence electrons. The number of carbonyl (C=O) groups excluding carboxylic acids is 1. The molecule has 1 fully saturated rings. The van der Waals surface area contributed by atoms with Gasteiger partial charge in [0.25, 0.3) is 0 Å². The van der Waals surface area contributed by atoms with Gasteiger partial charge in [-0.15, -0.1) is 0 Å². The quantitative estimate of drug-likeness (QED) is 0.767. The van der Waals surface area contributed by atoms with Gasteiger partial charge in [0.05, 0.1) is 18.2 Å². The number of amides is 1. The first-order valence-electron chi connectivity index (χ1n) is 7.60. The SMILES string of the molecule is CC(C)NC(C)(CC(C)N1CC(C)OCC1C)C(N)=O. The molecule has 5 nitrogen and oxygen atoms in total. The van der Waals surface area contributed by atoms with Crippen molar-refractivity contribution >= 4 is 5.91 Å². The number of rotatable bonds is 6. The van der Waals surface area contributed by atoms with E-state index in [2.05, 4.69) is 31.0 Å². The van der Waals surface area contributed by atoms with Crippen LogP contribution in [0.4, 0.5) is 0 Å². The van der Waals surface area contributed by atoms with Crippen molar-refractivity contribution in [3.05, 3.63) is 0 Å². The van der Waals surface area contributed by atoms with Gasteiger partial charge in [-0.25, -0.2) is 0 Å². The molecule has 4 atom stereocenters. The standard InChI is InChI=1S/C15H31N3O2/c1-10(2)17-15(6,14(16)19)7-11(3)18-8-13(5)20-9-12(18)4/h10-13,17H,7-9H2,1-6H3,(H2,16,19). The Kier molecular flexibility index (Phi) is 5.98. The minimum Gasteiger partial charge on any atom is -0.376 e. The van der Waals surface area contributed by atoms with Crippen LogP contribution in [0.2, 0.25) is 0 Å². The predicted octanol–water partition coefficient (Wildman–Crippen LogP) is 1.12. The van der Waals surface area contributed by atoms with Gasteiger partial charge in [-0.3, -0.25) is 9.69 Å². The summed E-state index contributed by atoms with van der Waals surface area (Å²) in [6.45, 7) is 14.0. The van der Waals surface area contributed by atoms with Gasteiger partial charge >= 0.3 is 0 Å². The number of ether oxygens (including phenoxy) is 1. The Morgan fingerprint density at radius 3 is 2.55 bits per heavy atom. The highest BCUT2D eigenvalue weighted by Gasteiger charge is 2.37. The van der Waals surface area contributed by atoms with Crippen molar-refractivity contribution in [1.29, 1.82) is 0 Å². The maximum absolute atomic E-state index is 11.8. The van der Waals surface area contributed by atoms with Crippen molar-refractivity contribution in [3.8, 4) is 0 Å². The second-order valence-electron chi connectivity index (χ2n) is 6.74. The number of nitrogens with two attached hydrogens (primary N) is 1. The van der Waals surface area contributed by atoms with E-state index in [-0.39, 0.29) is 24.1 Å². The lowest BCUT2D eigenvalue weighted by Gasteiger charge is -2.43. The Morgan fingerprint density at radius 1 is 1.45 bits per heavy atom. The van der Waals surface area contributed by atoms with Crippen LogP contribution in [0.15, 0.2) is 0 Å². The van der Waals surface area contributed by atoms with E-state index in [1.54, 1.807) is 0 Å². The van der Waals surface area contributed by atoms with Crippen LogP contribution < -0.4 is 11.1 Å². The molecule has 0 spiro atoms. The number of hydrogen-bond acceptors (Lipinski definition) is 4. The summed E-state index contributed by atoms with van der Waals surface area (Å²) in [5.74, 6) is -0.285. The zero-order valence-corrected chi connectivity index (χ0v) is 13.8. The van der Waals surface area contributed by atoms with Crippen LogP contribution >= 0.6 is 0 Å². The zero-order chi connectivity index (χ0) is 15.5. The fourth-order valence-electron chi connectivity index (χ4n) is 3.12. The Bertz CT molecular complexity index is 335. The fraction of sp³-hybridized carbons (Fsp3) is 0.933. The van der Waals surface area contributed by atoms with Crippen molar-refractivity contribution in [2.24, 2.45) is 5.73 Å². The molecule has 1 aliphatic heterocycles. The Morgan fingerprint density at radius 2 is 2.05 bits per heavy atom. The van der Waals surface area contributed by atoms with E-state index < -0.39 is 5.54 Å². The van der Waals surface area contributed by atoms with Crippen molar-refractivity contribution < 1.29 is 9.53 Å². The lowest BCUT2D eigenvalue weighted by molar-refractivity contribution is -0.125. The molecule has 1 rings (SSSR count). The molecule has 0 aliphatic carbocycles. The number of carbonyl (C=O) groups is 1. The molecule has 1 heterocycles. The molecule has 1 saturated heterocycles. The zero-order valence-electron chi connectivity index (χ0n) is 13.8. The predicted molar refractivity (Wildman–Crippen MR) is 81.5 cm³/mol. The maximum Gasteiger partial charge on any atom is 0.237 e. The van der Waals surface area contributed by atoms with E-state index in [9.17, 15) is 4.79 Å². The highest BCUT2D eigenvalue weighted by Crippen LogP contribution is 2.22. The summed E-state index contributed by atoms with van der Waals surface area (Å²) in [7, 11) is 0. The summed E-state index contributed by atoms with van der Waals surface area (Å²) in [5, 5.41) is 3.32. The van der Waals surface area contributed by atoms with E-state index in [1.165, 1.54) is 0 Å². The van der Waals surface area contributed by atoms with Crippen LogP contribution in [0.3, 0.4) is 0 Å². The van der Waals surface area contributed by atoms with E-state index in [1.807, 2.05) is 20.8 Å². The van der Waals surface area contributed by atoms with Crippen LogP contribution in [-0.4, -0.2) is 53.7 Å². The average Bonchev–Trinajstić information content (AvgIpc) is 2.30. The second kappa shape index (κ2) is 6.87. The lowest BCUT2D eigenvalue weighted by Crippen LogP contribution is -2.60. The largest absolute Gasteiger partial charge is 0.376 e. The van der Waals surface area contributed by atoms with Crippen LogP contribution in [0.5, 0.6) is 0 Å². The minimum atomic E-state index is -0.672. The second-order valence-corrected chi connectivity index (χ2v) is 6.74. The molecular weight excluding hydrogens is 254 g/mol. The first kappa shape index (κ1) is 17.4. The molecule has 3 N–H and O–H groups in total. The third kappa shape index (κ3) is 4.43. The van der Waals surface area contributed by atoms with Gasteiger partial charge in [0.15, 0.2) is 0 Å². The molecule has 0 aromatic carbocycles. The third-order valence-electron chi connectivity index (χ3n) is 4.08. The smallest absolute Gasteiger partial charge is 0.237 e. The molecule has 5 heteroatoms.